The third-order valence-electron chi connectivity index (χ3n) is 10.5. The number of halogens is 2. The van der Waals surface area contributed by atoms with Crippen LogP contribution in [0.25, 0.3) is 0 Å². The number of hydrogen-bond donors (Lipinski definition) is 0. The highest BCUT2D eigenvalue weighted by atomic mass is 19.2. The Bertz CT molecular complexity index is 783. The van der Waals surface area contributed by atoms with Crippen molar-refractivity contribution in [2.24, 2.45) is 35.5 Å². The molecule has 4 rings (SSSR count). The van der Waals surface area contributed by atoms with Gasteiger partial charge >= 0.3 is 0 Å². The number of benzene rings is 1. The summed E-state index contributed by atoms with van der Waals surface area (Å²) in [5, 5.41) is 0. The summed E-state index contributed by atoms with van der Waals surface area (Å²) in [4.78, 5) is 0. The minimum atomic E-state index is -0.781. The lowest BCUT2D eigenvalue weighted by atomic mass is 9.68. The van der Waals surface area contributed by atoms with Gasteiger partial charge in [-0.1, -0.05) is 90.5 Å². The van der Waals surface area contributed by atoms with Crippen molar-refractivity contribution >= 4 is 0 Å². The van der Waals surface area contributed by atoms with Gasteiger partial charge in [0.2, 0.25) is 5.82 Å². The molecule has 3 aliphatic rings. The molecule has 0 heterocycles. The van der Waals surface area contributed by atoms with E-state index >= 15 is 0 Å². The Morgan fingerprint density at radius 1 is 0.622 bits per heavy atom. The third kappa shape index (κ3) is 8.43. The maximum atomic E-state index is 14.9. The molecule has 3 aliphatic carbocycles. The Balaban J connectivity index is 1.16. The molecule has 0 saturated heterocycles. The van der Waals surface area contributed by atoms with Crippen molar-refractivity contribution in [3.8, 4) is 5.75 Å². The maximum absolute atomic E-state index is 14.9. The molecule has 0 aliphatic heterocycles. The molecule has 0 spiro atoms. The van der Waals surface area contributed by atoms with Crippen LogP contribution in [-0.4, -0.2) is 6.61 Å². The average Bonchev–Trinajstić information content (AvgIpc) is 2.94. The van der Waals surface area contributed by atoms with Gasteiger partial charge in [-0.3, -0.25) is 0 Å². The third-order valence-corrected chi connectivity index (χ3v) is 10.5. The van der Waals surface area contributed by atoms with Crippen molar-refractivity contribution in [3.63, 3.8) is 0 Å². The van der Waals surface area contributed by atoms with Crippen molar-refractivity contribution in [1.29, 1.82) is 0 Å². The topological polar surface area (TPSA) is 9.23 Å². The van der Waals surface area contributed by atoms with Gasteiger partial charge in [0, 0.05) is 0 Å². The molecule has 3 saturated carbocycles. The van der Waals surface area contributed by atoms with Crippen molar-refractivity contribution in [2.75, 3.05) is 6.61 Å². The standard InChI is InChI=1S/C34H54F2O/c1-3-5-7-26-8-10-28(11-9-26)24-37-32-23-22-31(33(35)34(32)36)21-16-27-14-19-30(20-15-27)29-17-12-25(6-4-2)13-18-29/h22-23,25-30H,3-21,24H2,1-2H3. The van der Waals surface area contributed by atoms with E-state index in [0.29, 0.717) is 30.4 Å². The molecular weight excluding hydrogens is 462 g/mol. The van der Waals surface area contributed by atoms with E-state index in [4.69, 9.17) is 4.74 Å². The first kappa shape index (κ1) is 28.9. The lowest BCUT2D eigenvalue weighted by Crippen LogP contribution is -2.26. The van der Waals surface area contributed by atoms with Gasteiger partial charge in [-0.05, 0) is 98.5 Å². The predicted octanol–water partition coefficient (Wildman–Crippen LogP) is 10.7. The van der Waals surface area contributed by atoms with Gasteiger partial charge in [0.15, 0.2) is 11.6 Å². The summed E-state index contributed by atoms with van der Waals surface area (Å²) in [7, 11) is 0. The van der Waals surface area contributed by atoms with Crippen LogP contribution < -0.4 is 4.74 Å². The Hall–Kier alpha value is -1.12. The Labute approximate surface area is 226 Å². The van der Waals surface area contributed by atoms with E-state index in [1.165, 1.54) is 96.3 Å². The summed E-state index contributed by atoms with van der Waals surface area (Å²) in [5.74, 6) is 3.48. The minimum Gasteiger partial charge on any atom is -0.490 e. The Kier molecular flexibility index (Phi) is 11.6. The molecule has 1 aromatic carbocycles. The smallest absolute Gasteiger partial charge is 0.200 e. The van der Waals surface area contributed by atoms with Crippen LogP contribution in [0.15, 0.2) is 12.1 Å². The monoisotopic (exact) mass is 516 g/mol. The number of rotatable bonds is 12. The lowest BCUT2D eigenvalue weighted by Gasteiger charge is -2.38. The molecule has 0 N–H and O–H groups in total. The van der Waals surface area contributed by atoms with Gasteiger partial charge in [-0.2, -0.15) is 4.39 Å². The van der Waals surface area contributed by atoms with Crippen molar-refractivity contribution in [2.45, 2.75) is 136 Å². The molecule has 37 heavy (non-hydrogen) atoms. The summed E-state index contributed by atoms with van der Waals surface area (Å²) in [5.41, 5.74) is 0.526. The van der Waals surface area contributed by atoms with Crippen molar-refractivity contribution in [1.82, 2.24) is 0 Å². The van der Waals surface area contributed by atoms with Gasteiger partial charge in [0.05, 0.1) is 6.61 Å². The van der Waals surface area contributed by atoms with Crippen molar-refractivity contribution < 1.29 is 13.5 Å². The van der Waals surface area contributed by atoms with E-state index in [-0.39, 0.29) is 5.75 Å². The molecule has 3 heteroatoms. The highest BCUT2D eigenvalue weighted by Crippen LogP contribution is 2.43. The first-order valence-corrected chi connectivity index (χ1v) is 16.2. The van der Waals surface area contributed by atoms with E-state index in [1.54, 1.807) is 12.1 Å². The molecule has 1 nitrogen and oxygen atoms in total. The van der Waals surface area contributed by atoms with Crippen LogP contribution in [0.3, 0.4) is 0 Å². The van der Waals surface area contributed by atoms with Gasteiger partial charge in [0.25, 0.3) is 0 Å². The molecule has 0 amide bonds. The zero-order valence-electron chi connectivity index (χ0n) is 23.9. The second-order valence-corrected chi connectivity index (χ2v) is 13.1. The van der Waals surface area contributed by atoms with Crippen LogP contribution in [0.4, 0.5) is 8.78 Å². The van der Waals surface area contributed by atoms with E-state index in [1.807, 2.05) is 0 Å². The van der Waals surface area contributed by atoms with E-state index < -0.39 is 11.6 Å². The summed E-state index contributed by atoms with van der Waals surface area (Å²) in [6, 6.07) is 3.45. The largest absolute Gasteiger partial charge is 0.490 e. The van der Waals surface area contributed by atoms with Crippen LogP contribution >= 0.6 is 0 Å². The zero-order valence-corrected chi connectivity index (χ0v) is 23.9. The lowest BCUT2D eigenvalue weighted by molar-refractivity contribution is 0.141. The number of aryl methyl sites for hydroxylation is 1. The van der Waals surface area contributed by atoms with Crippen LogP contribution in [0.1, 0.15) is 135 Å². The fourth-order valence-electron chi connectivity index (χ4n) is 7.93. The van der Waals surface area contributed by atoms with Crippen LogP contribution in [0.2, 0.25) is 0 Å². The van der Waals surface area contributed by atoms with Crippen LogP contribution in [0.5, 0.6) is 5.75 Å². The Morgan fingerprint density at radius 2 is 1.16 bits per heavy atom. The molecular formula is C34H54F2O. The molecule has 0 aromatic heterocycles. The number of ether oxygens (including phenoxy) is 1. The molecule has 0 radical (unpaired) electrons. The first-order chi connectivity index (χ1) is 18.1. The first-order valence-electron chi connectivity index (χ1n) is 16.2. The maximum Gasteiger partial charge on any atom is 0.200 e. The minimum absolute atomic E-state index is 0.100. The Morgan fingerprint density at radius 3 is 1.76 bits per heavy atom. The molecule has 1 aromatic rings. The molecule has 0 unspecified atom stereocenters. The van der Waals surface area contributed by atoms with Crippen molar-refractivity contribution in [3.05, 3.63) is 29.3 Å². The highest BCUT2D eigenvalue weighted by molar-refractivity contribution is 5.31. The van der Waals surface area contributed by atoms with Gasteiger partial charge in [-0.25, -0.2) is 4.39 Å². The normalized spacial score (nSPS) is 30.8. The number of unbranched alkanes of at least 4 members (excludes halogenated alkanes) is 1. The van der Waals surface area contributed by atoms with Gasteiger partial charge in [0.1, 0.15) is 0 Å². The van der Waals surface area contributed by atoms with Gasteiger partial charge in [-0.15, -0.1) is 0 Å². The summed E-state index contributed by atoms with van der Waals surface area (Å²) < 4.78 is 35.5. The van der Waals surface area contributed by atoms with Gasteiger partial charge < -0.3 is 4.74 Å². The number of hydrogen-bond acceptors (Lipinski definition) is 1. The fourth-order valence-corrected chi connectivity index (χ4v) is 7.93. The summed E-state index contributed by atoms with van der Waals surface area (Å²) in [6.07, 6.45) is 24.1. The van der Waals surface area contributed by atoms with E-state index in [9.17, 15) is 8.78 Å². The van der Waals surface area contributed by atoms with Crippen LogP contribution in [0, 0.1) is 47.1 Å². The van der Waals surface area contributed by atoms with Crippen LogP contribution in [-0.2, 0) is 6.42 Å². The molecule has 3 fully saturated rings. The van der Waals surface area contributed by atoms with E-state index in [2.05, 4.69) is 13.8 Å². The second-order valence-electron chi connectivity index (χ2n) is 13.1. The quantitative estimate of drug-likeness (QED) is 0.268. The van der Waals surface area contributed by atoms with E-state index in [0.717, 1.165) is 42.9 Å². The SMILES string of the molecule is CCCCC1CCC(COc2ccc(CCC3CCC(C4CCC(CCC)CC4)CC3)c(F)c2F)CC1. The highest BCUT2D eigenvalue weighted by Gasteiger charge is 2.31. The average molecular weight is 517 g/mol. The second kappa shape index (κ2) is 14.9. The fraction of sp³-hybridized carbons (Fsp3) is 0.824. The molecule has 0 atom stereocenters. The molecule has 0 bridgehead atoms. The summed E-state index contributed by atoms with van der Waals surface area (Å²) in [6.45, 7) is 5.08. The molecule has 210 valence electrons. The summed E-state index contributed by atoms with van der Waals surface area (Å²) >= 11 is 0. The predicted molar refractivity (Wildman–Crippen MR) is 151 cm³/mol. The zero-order chi connectivity index (χ0) is 26.0.